The Labute approximate surface area is 166 Å². The van der Waals surface area contributed by atoms with Gasteiger partial charge in [-0.25, -0.2) is 4.98 Å². The van der Waals surface area contributed by atoms with Crippen molar-refractivity contribution in [2.24, 2.45) is 0 Å². The third-order valence-electron chi connectivity index (χ3n) is 4.75. The highest BCUT2D eigenvalue weighted by atomic mass is 16.4. The summed E-state index contributed by atoms with van der Waals surface area (Å²) in [7, 11) is 0. The van der Waals surface area contributed by atoms with Gasteiger partial charge in [0.2, 0.25) is 5.88 Å². The summed E-state index contributed by atoms with van der Waals surface area (Å²) < 4.78 is 9.20. The molecule has 0 spiro atoms. The number of aliphatic hydroxyl groups excluding tert-OH is 1. The first-order valence-corrected chi connectivity index (χ1v) is 9.18. The van der Waals surface area contributed by atoms with E-state index in [2.05, 4.69) is 4.98 Å². The second-order valence-corrected chi connectivity index (χ2v) is 6.68. The van der Waals surface area contributed by atoms with Crippen LogP contribution in [-0.4, -0.2) is 34.5 Å². The Bertz CT molecular complexity index is 1110. The number of benzene rings is 1. The first-order chi connectivity index (χ1) is 14.1. The molecule has 8 nitrogen and oxygen atoms in total. The largest absolute Gasteiger partial charge is 0.508 e. The van der Waals surface area contributed by atoms with Gasteiger partial charge in [-0.2, -0.15) is 0 Å². The SMILES string of the molecule is OCc1ccc(-c2c(-c3cccc(O)c3)c(O)c(O)n2CCCn2ccnc2)o1. The first kappa shape index (κ1) is 18.7. The van der Waals surface area contributed by atoms with Crippen molar-refractivity contribution in [3.05, 3.63) is 60.9 Å². The summed E-state index contributed by atoms with van der Waals surface area (Å²) in [6, 6.07) is 9.73. The fourth-order valence-corrected chi connectivity index (χ4v) is 3.42. The summed E-state index contributed by atoms with van der Waals surface area (Å²) in [6.45, 7) is 0.820. The number of furan rings is 1. The molecule has 0 unspecified atom stereocenters. The van der Waals surface area contributed by atoms with Gasteiger partial charge < -0.3 is 34.0 Å². The van der Waals surface area contributed by atoms with E-state index in [9.17, 15) is 20.4 Å². The third kappa shape index (κ3) is 3.57. The van der Waals surface area contributed by atoms with Crippen LogP contribution >= 0.6 is 0 Å². The van der Waals surface area contributed by atoms with Crippen LogP contribution in [0.5, 0.6) is 17.4 Å². The normalized spacial score (nSPS) is 11.2. The number of aromatic nitrogens is 3. The quantitative estimate of drug-likeness (QED) is 0.381. The van der Waals surface area contributed by atoms with Crippen molar-refractivity contribution in [3.8, 4) is 40.0 Å². The molecule has 3 aromatic heterocycles. The van der Waals surface area contributed by atoms with Crippen LogP contribution in [-0.2, 0) is 19.7 Å². The molecule has 0 saturated carbocycles. The van der Waals surface area contributed by atoms with Crippen LogP contribution in [0.25, 0.3) is 22.6 Å². The van der Waals surface area contributed by atoms with E-state index in [-0.39, 0.29) is 24.0 Å². The third-order valence-corrected chi connectivity index (χ3v) is 4.75. The maximum atomic E-state index is 10.7. The van der Waals surface area contributed by atoms with Crippen LogP contribution in [0.2, 0.25) is 0 Å². The highest BCUT2D eigenvalue weighted by molar-refractivity contribution is 5.87. The van der Waals surface area contributed by atoms with Crippen molar-refractivity contribution in [1.29, 1.82) is 0 Å². The van der Waals surface area contributed by atoms with E-state index in [1.54, 1.807) is 41.4 Å². The van der Waals surface area contributed by atoms with Crippen molar-refractivity contribution < 1.29 is 24.8 Å². The monoisotopic (exact) mass is 395 g/mol. The number of aliphatic hydroxyl groups is 1. The molecule has 4 N–H and O–H groups in total. The van der Waals surface area contributed by atoms with Crippen LogP contribution in [0.15, 0.2) is 59.5 Å². The van der Waals surface area contributed by atoms with Crippen LogP contribution < -0.4 is 0 Å². The molecular formula is C21H21N3O5. The summed E-state index contributed by atoms with van der Waals surface area (Å²) in [5.74, 6) is 0.217. The van der Waals surface area contributed by atoms with Crippen LogP contribution in [0.3, 0.4) is 0 Å². The number of hydrogen-bond acceptors (Lipinski definition) is 6. The highest BCUT2D eigenvalue weighted by Crippen LogP contribution is 2.47. The van der Waals surface area contributed by atoms with Gasteiger partial charge in [-0.05, 0) is 36.2 Å². The lowest BCUT2D eigenvalue weighted by atomic mass is 10.0. The molecule has 0 radical (unpaired) electrons. The summed E-state index contributed by atoms with van der Waals surface area (Å²) in [4.78, 5) is 4.01. The van der Waals surface area contributed by atoms with E-state index in [1.165, 1.54) is 12.1 Å². The second-order valence-electron chi connectivity index (χ2n) is 6.68. The van der Waals surface area contributed by atoms with Crippen molar-refractivity contribution in [2.75, 3.05) is 0 Å². The Balaban J connectivity index is 1.79. The predicted molar refractivity (Wildman–Crippen MR) is 105 cm³/mol. The minimum absolute atomic E-state index is 0.0377. The Morgan fingerprint density at radius 1 is 1.03 bits per heavy atom. The molecule has 150 valence electrons. The van der Waals surface area contributed by atoms with Gasteiger partial charge in [0.15, 0.2) is 11.5 Å². The van der Waals surface area contributed by atoms with Crippen LogP contribution in [0.4, 0.5) is 0 Å². The molecule has 0 aliphatic rings. The number of imidazole rings is 1. The minimum atomic E-state index is -0.296. The van der Waals surface area contributed by atoms with Crippen molar-refractivity contribution in [1.82, 2.24) is 14.1 Å². The molecule has 8 heteroatoms. The fraction of sp³-hybridized carbons (Fsp3) is 0.190. The minimum Gasteiger partial charge on any atom is -0.508 e. The molecular weight excluding hydrogens is 374 g/mol. The summed E-state index contributed by atoms with van der Waals surface area (Å²) >= 11 is 0. The molecule has 0 aliphatic carbocycles. The molecule has 1 aromatic carbocycles. The van der Waals surface area contributed by atoms with Gasteiger partial charge in [-0.3, -0.25) is 0 Å². The maximum absolute atomic E-state index is 10.7. The lowest BCUT2D eigenvalue weighted by Crippen LogP contribution is -2.04. The lowest BCUT2D eigenvalue weighted by Gasteiger charge is -2.11. The molecule has 0 atom stereocenters. The number of rotatable bonds is 7. The Kier molecular flexibility index (Phi) is 5.01. The predicted octanol–water partition coefficient (Wildman–Crippen LogP) is 3.31. The molecule has 0 bridgehead atoms. The standard InChI is InChI=1S/C21H21N3O5/c25-12-16-5-6-17(29-16)19-18(14-3-1-4-15(26)11-14)20(27)21(28)24(19)9-2-8-23-10-7-22-13-23/h1,3-7,10-11,13,25-28H,2,8-9,12H2. The van der Waals surface area contributed by atoms with E-state index in [0.717, 1.165) is 0 Å². The van der Waals surface area contributed by atoms with Gasteiger partial charge in [0.25, 0.3) is 0 Å². The number of nitrogens with zero attached hydrogens (tertiary/aromatic N) is 3. The number of phenolic OH excluding ortho intramolecular Hbond substituents is 1. The summed E-state index contributed by atoms with van der Waals surface area (Å²) in [5.41, 5.74) is 1.35. The van der Waals surface area contributed by atoms with E-state index in [4.69, 9.17) is 4.42 Å². The van der Waals surface area contributed by atoms with Crippen molar-refractivity contribution in [3.63, 3.8) is 0 Å². The molecule has 29 heavy (non-hydrogen) atoms. The van der Waals surface area contributed by atoms with E-state index < -0.39 is 0 Å². The molecule has 0 aliphatic heterocycles. The zero-order valence-corrected chi connectivity index (χ0v) is 15.6. The average Bonchev–Trinajstić information content (AvgIpc) is 3.44. The van der Waals surface area contributed by atoms with Gasteiger partial charge in [-0.1, -0.05) is 12.1 Å². The van der Waals surface area contributed by atoms with Gasteiger partial charge >= 0.3 is 0 Å². The number of aromatic hydroxyl groups is 3. The maximum Gasteiger partial charge on any atom is 0.235 e. The zero-order valence-electron chi connectivity index (χ0n) is 15.6. The molecule has 4 rings (SSSR count). The summed E-state index contributed by atoms with van der Waals surface area (Å²) in [6.07, 6.45) is 5.93. The highest BCUT2D eigenvalue weighted by Gasteiger charge is 2.26. The van der Waals surface area contributed by atoms with E-state index >= 15 is 0 Å². The van der Waals surface area contributed by atoms with Gasteiger partial charge in [0.1, 0.15) is 18.1 Å². The lowest BCUT2D eigenvalue weighted by molar-refractivity contribution is 0.248. The van der Waals surface area contributed by atoms with E-state index in [1.807, 2.05) is 10.8 Å². The molecule has 0 amide bonds. The number of phenols is 1. The Morgan fingerprint density at radius 2 is 1.90 bits per heavy atom. The first-order valence-electron chi connectivity index (χ1n) is 9.18. The van der Waals surface area contributed by atoms with Crippen molar-refractivity contribution >= 4 is 0 Å². The summed E-state index contributed by atoms with van der Waals surface area (Å²) in [5, 5.41) is 40.6. The fourth-order valence-electron chi connectivity index (χ4n) is 3.42. The molecule has 0 saturated heterocycles. The molecule has 4 aromatic rings. The van der Waals surface area contributed by atoms with Gasteiger partial charge in [0, 0.05) is 25.5 Å². The second kappa shape index (κ2) is 7.76. The topological polar surface area (TPSA) is 117 Å². The average molecular weight is 395 g/mol. The van der Waals surface area contributed by atoms with E-state index in [0.29, 0.717) is 47.9 Å². The Hall–Kier alpha value is -3.65. The van der Waals surface area contributed by atoms with Crippen molar-refractivity contribution in [2.45, 2.75) is 26.1 Å². The van der Waals surface area contributed by atoms with Crippen LogP contribution in [0.1, 0.15) is 12.2 Å². The number of hydrogen-bond donors (Lipinski definition) is 4. The molecule has 3 heterocycles. The smallest absolute Gasteiger partial charge is 0.235 e. The molecule has 0 fully saturated rings. The van der Waals surface area contributed by atoms with Crippen LogP contribution in [0, 0.1) is 0 Å². The Morgan fingerprint density at radius 3 is 2.59 bits per heavy atom. The number of aryl methyl sites for hydroxylation is 1. The zero-order chi connectivity index (χ0) is 20.4. The van der Waals surface area contributed by atoms with Gasteiger partial charge in [-0.15, -0.1) is 0 Å². The van der Waals surface area contributed by atoms with Gasteiger partial charge in [0.05, 0.1) is 17.6 Å².